The van der Waals surface area contributed by atoms with Gasteiger partial charge in [-0.05, 0) is 61.5 Å². The highest BCUT2D eigenvalue weighted by molar-refractivity contribution is 6.44. The first kappa shape index (κ1) is 23.1. The van der Waals surface area contributed by atoms with Crippen LogP contribution in [-0.4, -0.2) is 19.6 Å². The average Bonchev–Trinajstić information content (AvgIpc) is 2.77. The van der Waals surface area contributed by atoms with Crippen LogP contribution in [0.15, 0.2) is 54.6 Å². The first-order valence-corrected chi connectivity index (χ1v) is 10.5. The fraction of sp³-hybridized carbons (Fsp3) is 0.174. The molecule has 3 rings (SSSR count). The lowest BCUT2D eigenvalue weighted by Gasteiger charge is -2.14. The number of ether oxygens (including phenoxy) is 3. The van der Waals surface area contributed by atoms with Crippen LogP contribution in [0.25, 0.3) is 0 Å². The van der Waals surface area contributed by atoms with Crippen molar-refractivity contribution in [3.63, 3.8) is 0 Å². The Morgan fingerprint density at radius 2 is 1.55 bits per heavy atom. The predicted octanol–water partition coefficient (Wildman–Crippen LogP) is 6.89. The maximum atomic E-state index is 12.8. The Bertz CT molecular complexity index is 1070. The van der Waals surface area contributed by atoms with Gasteiger partial charge >= 0.3 is 0 Å². The minimum Gasteiger partial charge on any atom is -0.497 e. The van der Waals surface area contributed by atoms with Gasteiger partial charge in [-0.2, -0.15) is 0 Å². The molecule has 0 aromatic heterocycles. The van der Waals surface area contributed by atoms with Crippen molar-refractivity contribution in [1.82, 2.24) is 0 Å². The molecule has 0 bridgehead atoms. The fourth-order valence-electron chi connectivity index (χ4n) is 2.78. The van der Waals surface area contributed by atoms with E-state index in [1.165, 1.54) is 12.1 Å². The summed E-state index contributed by atoms with van der Waals surface area (Å²) in [6, 6.07) is 15.3. The molecule has 1 amide bonds. The van der Waals surface area contributed by atoms with Crippen molar-refractivity contribution in [2.24, 2.45) is 0 Å². The summed E-state index contributed by atoms with van der Waals surface area (Å²) in [7, 11) is 1.60. The molecule has 0 aliphatic heterocycles. The van der Waals surface area contributed by atoms with Gasteiger partial charge in [0.15, 0.2) is 0 Å². The molecule has 0 fully saturated rings. The number of carbonyl (C=O) groups is 1. The number of halogens is 3. The number of nitrogens with one attached hydrogen (secondary N) is 1. The Kier molecular flexibility index (Phi) is 7.91. The molecule has 0 spiro atoms. The van der Waals surface area contributed by atoms with Gasteiger partial charge in [0.05, 0.1) is 34.5 Å². The summed E-state index contributed by atoms with van der Waals surface area (Å²) in [6.07, 6.45) is 0. The van der Waals surface area contributed by atoms with Gasteiger partial charge in [0, 0.05) is 11.1 Å². The fourth-order valence-corrected chi connectivity index (χ4v) is 3.37. The molecule has 0 saturated heterocycles. The van der Waals surface area contributed by atoms with Gasteiger partial charge in [-0.15, -0.1) is 0 Å². The molecule has 3 aromatic carbocycles. The third-order valence-corrected chi connectivity index (χ3v) is 5.37. The summed E-state index contributed by atoms with van der Waals surface area (Å²) in [5, 5.41) is 3.64. The summed E-state index contributed by atoms with van der Waals surface area (Å²) in [5.41, 5.74) is 1.51. The van der Waals surface area contributed by atoms with Crippen molar-refractivity contribution in [1.29, 1.82) is 0 Å². The highest BCUT2D eigenvalue weighted by Gasteiger charge is 2.14. The van der Waals surface area contributed by atoms with E-state index in [1.807, 2.05) is 31.2 Å². The van der Waals surface area contributed by atoms with Gasteiger partial charge in [-0.25, -0.2) is 0 Å². The lowest BCUT2D eigenvalue weighted by Crippen LogP contribution is -2.13. The maximum absolute atomic E-state index is 12.8. The molecule has 162 valence electrons. The first-order chi connectivity index (χ1) is 14.9. The van der Waals surface area contributed by atoms with Crippen LogP contribution >= 0.6 is 34.8 Å². The Morgan fingerprint density at radius 3 is 2.23 bits per heavy atom. The molecule has 0 unspecified atom stereocenters. The minimum atomic E-state index is -0.353. The number of carbonyl (C=O) groups excluding carboxylic acids is 1. The quantitative estimate of drug-likeness (QED) is 0.357. The third-order valence-electron chi connectivity index (χ3n) is 4.33. The molecule has 1 N–H and O–H groups in total. The average molecular weight is 481 g/mol. The molecule has 31 heavy (non-hydrogen) atoms. The minimum absolute atomic E-state index is 0.219. The van der Waals surface area contributed by atoms with E-state index >= 15 is 0 Å². The molecule has 0 radical (unpaired) electrons. The molecular formula is C23H20Cl3NO4. The van der Waals surface area contributed by atoms with Crippen molar-refractivity contribution in [3.8, 4) is 17.2 Å². The van der Waals surface area contributed by atoms with E-state index in [0.717, 1.165) is 11.3 Å². The van der Waals surface area contributed by atoms with E-state index < -0.39 is 0 Å². The van der Waals surface area contributed by atoms with Crippen molar-refractivity contribution in [2.45, 2.75) is 13.5 Å². The van der Waals surface area contributed by atoms with Crippen LogP contribution in [-0.2, 0) is 6.61 Å². The van der Waals surface area contributed by atoms with E-state index in [9.17, 15) is 4.79 Å². The van der Waals surface area contributed by atoms with Crippen molar-refractivity contribution in [3.05, 3.63) is 80.8 Å². The van der Waals surface area contributed by atoms with Crippen LogP contribution in [0.3, 0.4) is 0 Å². The Morgan fingerprint density at radius 1 is 0.871 bits per heavy atom. The summed E-state index contributed by atoms with van der Waals surface area (Å²) < 4.78 is 16.7. The zero-order valence-electron chi connectivity index (χ0n) is 16.9. The molecular weight excluding hydrogens is 461 g/mol. The summed E-state index contributed by atoms with van der Waals surface area (Å²) >= 11 is 18.1. The number of benzene rings is 3. The zero-order chi connectivity index (χ0) is 22.4. The number of hydrogen-bond donors (Lipinski definition) is 1. The van der Waals surface area contributed by atoms with Crippen LogP contribution in [0.1, 0.15) is 22.8 Å². The van der Waals surface area contributed by atoms with E-state index in [1.54, 1.807) is 25.3 Å². The Hall–Kier alpha value is -2.60. The zero-order valence-corrected chi connectivity index (χ0v) is 19.1. The molecule has 8 heteroatoms. The molecule has 0 heterocycles. The second kappa shape index (κ2) is 10.6. The molecule has 0 saturated carbocycles. The third kappa shape index (κ3) is 5.97. The smallest absolute Gasteiger partial charge is 0.255 e. The number of hydrogen-bond acceptors (Lipinski definition) is 4. The summed E-state index contributed by atoms with van der Waals surface area (Å²) in [6.45, 7) is 2.59. The van der Waals surface area contributed by atoms with Crippen LogP contribution in [0.5, 0.6) is 17.2 Å². The first-order valence-electron chi connectivity index (χ1n) is 9.39. The van der Waals surface area contributed by atoms with Crippen LogP contribution in [0.4, 0.5) is 5.69 Å². The molecule has 3 aromatic rings. The monoisotopic (exact) mass is 479 g/mol. The number of anilines is 1. The van der Waals surface area contributed by atoms with Gasteiger partial charge in [-0.3, -0.25) is 4.79 Å². The van der Waals surface area contributed by atoms with E-state index in [2.05, 4.69) is 5.32 Å². The van der Waals surface area contributed by atoms with Gasteiger partial charge in [0.1, 0.15) is 23.9 Å². The molecule has 5 nitrogen and oxygen atoms in total. The predicted molar refractivity (Wildman–Crippen MR) is 124 cm³/mol. The Balaban J connectivity index is 1.79. The topological polar surface area (TPSA) is 56.8 Å². The SMILES string of the molecule is CCOc1ccc(C(=O)Nc2cc(Cl)c(Cl)cc2Cl)cc1COc1ccc(OC)cc1. The van der Waals surface area contributed by atoms with E-state index in [0.29, 0.717) is 39.4 Å². The summed E-state index contributed by atoms with van der Waals surface area (Å²) in [4.78, 5) is 12.8. The molecule has 0 atom stereocenters. The largest absolute Gasteiger partial charge is 0.497 e. The number of rotatable bonds is 8. The second-order valence-electron chi connectivity index (χ2n) is 6.42. The van der Waals surface area contributed by atoms with Crippen LogP contribution in [0, 0.1) is 0 Å². The van der Waals surface area contributed by atoms with E-state index in [4.69, 9.17) is 49.0 Å². The van der Waals surface area contributed by atoms with Crippen LogP contribution < -0.4 is 19.5 Å². The van der Waals surface area contributed by atoms with Gasteiger partial charge in [-0.1, -0.05) is 34.8 Å². The summed E-state index contributed by atoms with van der Waals surface area (Å²) in [5.74, 6) is 1.69. The number of amides is 1. The highest BCUT2D eigenvalue weighted by atomic mass is 35.5. The lowest BCUT2D eigenvalue weighted by atomic mass is 10.1. The maximum Gasteiger partial charge on any atom is 0.255 e. The lowest BCUT2D eigenvalue weighted by molar-refractivity contribution is 0.102. The van der Waals surface area contributed by atoms with E-state index in [-0.39, 0.29) is 17.5 Å². The molecule has 0 aliphatic rings. The standard InChI is InChI=1S/C23H20Cl3NO4/c1-3-30-22-9-4-14(23(28)27-21-12-19(25)18(24)11-20(21)26)10-15(22)13-31-17-7-5-16(29-2)6-8-17/h4-12H,3,13H2,1-2H3,(H,27,28). The Labute approximate surface area is 195 Å². The van der Waals surface area contributed by atoms with Crippen LogP contribution in [0.2, 0.25) is 15.1 Å². The van der Waals surface area contributed by atoms with Gasteiger partial charge in [0.25, 0.3) is 5.91 Å². The molecule has 0 aliphatic carbocycles. The second-order valence-corrected chi connectivity index (χ2v) is 7.64. The normalized spacial score (nSPS) is 10.5. The van der Waals surface area contributed by atoms with Crippen molar-refractivity contribution >= 4 is 46.4 Å². The van der Waals surface area contributed by atoms with Gasteiger partial charge in [0.2, 0.25) is 0 Å². The number of methoxy groups -OCH3 is 1. The van der Waals surface area contributed by atoms with Gasteiger partial charge < -0.3 is 19.5 Å². The highest BCUT2D eigenvalue weighted by Crippen LogP contribution is 2.33. The van der Waals surface area contributed by atoms with Crippen molar-refractivity contribution < 1.29 is 19.0 Å². The van der Waals surface area contributed by atoms with Crippen molar-refractivity contribution in [2.75, 3.05) is 19.0 Å².